The molecule has 3 aromatic heterocycles. The highest BCUT2D eigenvalue weighted by Gasteiger charge is 2.56. The Morgan fingerprint density at radius 1 is 0.372 bits per heavy atom. The molecular formula is C71H55N7. The van der Waals surface area contributed by atoms with Gasteiger partial charge in [0.15, 0.2) is 34.9 Å². The van der Waals surface area contributed by atoms with Gasteiger partial charge in [-0.2, -0.15) is 0 Å². The van der Waals surface area contributed by atoms with Gasteiger partial charge in [-0.25, -0.2) is 29.9 Å². The zero-order valence-electron chi connectivity index (χ0n) is 43.6. The average molecular weight is 1010 g/mol. The van der Waals surface area contributed by atoms with E-state index in [1.807, 2.05) is 72.8 Å². The summed E-state index contributed by atoms with van der Waals surface area (Å²) in [7, 11) is 0. The fourth-order valence-corrected chi connectivity index (χ4v) is 14.4. The number of benzene rings is 9. The number of hydrogen-bond acceptors (Lipinski definition) is 6. The number of nitrogens with zero attached hydrogens (tertiary/aromatic N) is 7. The first-order chi connectivity index (χ1) is 38.5. The van der Waals surface area contributed by atoms with Crippen molar-refractivity contribution in [2.75, 3.05) is 0 Å². The van der Waals surface area contributed by atoms with Gasteiger partial charge in [0.05, 0.1) is 11.0 Å². The van der Waals surface area contributed by atoms with Gasteiger partial charge in [-0.05, 0) is 107 Å². The Labute approximate surface area is 454 Å². The molecule has 2 bridgehead atoms. The summed E-state index contributed by atoms with van der Waals surface area (Å²) in [4.78, 5) is 31.1. The number of rotatable bonds is 8. The molecule has 0 aliphatic heterocycles. The molecule has 0 saturated heterocycles. The standard InChI is InChI=1S/C71H55N7/c1-44-38-46-40-45(2)71(53(39-44)41-46)59-33-16-15-30-56(59)63-55(31-18-34-60(63)71)51-28-17-29-54(42-51)78-61-35-19-32-58(70-76-67(49-24-11-5-12-25-49)73-68(77-70)50-26-13-6-14-27-50)64(61)57-37-36-52(43-62(57)78)69-74-65(47-20-7-3-8-21-47)72-66(75-69)48-22-9-4-10-23-48/h3-37,42-46,53H,38-41H2,1-2H3. The molecule has 7 nitrogen and oxygen atoms in total. The Hall–Kier alpha value is -9.20. The SMILES string of the molecule is CC1CC2CC(C)C3(c4ccccc4-c4c(-c5cccc(-n6c7cc(-c8nc(-c9ccccc9)nc(-c9ccccc9)n8)ccc7c7c(-c8nc(-c9ccccc9)nc(-c9ccccc9)n8)cccc76)c5)cccc43)C(C1)C2. The van der Waals surface area contributed by atoms with Crippen molar-refractivity contribution in [1.82, 2.24) is 34.5 Å². The molecule has 9 aromatic carbocycles. The summed E-state index contributed by atoms with van der Waals surface area (Å²) in [5.41, 5.74) is 16.9. The van der Waals surface area contributed by atoms with Crippen molar-refractivity contribution in [2.24, 2.45) is 23.7 Å². The summed E-state index contributed by atoms with van der Waals surface area (Å²) in [5, 5.41) is 2.10. The Morgan fingerprint density at radius 2 is 0.872 bits per heavy atom. The van der Waals surface area contributed by atoms with E-state index < -0.39 is 0 Å². The van der Waals surface area contributed by atoms with E-state index in [9.17, 15) is 0 Å². The van der Waals surface area contributed by atoms with Crippen LogP contribution in [0.4, 0.5) is 0 Å². The molecule has 3 heterocycles. The first-order valence-electron chi connectivity index (χ1n) is 27.6. The van der Waals surface area contributed by atoms with Crippen molar-refractivity contribution in [3.8, 4) is 96.3 Å². The minimum Gasteiger partial charge on any atom is -0.309 e. The Morgan fingerprint density at radius 3 is 1.50 bits per heavy atom. The zero-order valence-corrected chi connectivity index (χ0v) is 43.6. The van der Waals surface area contributed by atoms with E-state index in [1.165, 1.54) is 59.1 Å². The van der Waals surface area contributed by atoms with Crippen LogP contribution in [0.1, 0.15) is 50.7 Å². The number of fused-ring (bicyclic) bond motifs is 11. The van der Waals surface area contributed by atoms with Crippen LogP contribution in [0.2, 0.25) is 0 Å². The van der Waals surface area contributed by atoms with Gasteiger partial charge in [-0.15, -0.1) is 0 Å². The van der Waals surface area contributed by atoms with Crippen LogP contribution in [0.5, 0.6) is 0 Å². The van der Waals surface area contributed by atoms with Gasteiger partial charge in [0.25, 0.3) is 0 Å². The maximum Gasteiger partial charge on any atom is 0.164 e. The lowest BCUT2D eigenvalue weighted by atomic mass is 9.49. The smallest absolute Gasteiger partial charge is 0.164 e. The fraction of sp³-hybridized carbons (Fsp3) is 0.155. The maximum atomic E-state index is 5.29. The van der Waals surface area contributed by atoms with E-state index in [1.54, 1.807) is 0 Å². The van der Waals surface area contributed by atoms with Crippen LogP contribution in [-0.2, 0) is 5.41 Å². The van der Waals surface area contributed by atoms with Crippen molar-refractivity contribution in [3.05, 3.63) is 236 Å². The summed E-state index contributed by atoms with van der Waals surface area (Å²) < 4.78 is 2.42. The molecule has 7 heteroatoms. The van der Waals surface area contributed by atoms with E-state index in [4.69, 9.17) is 29.9 Å². The zero-order chi connectivity index (χ0) is 51.9. The lowest BCUT2D eigenvalue weighted by Gasteiger charge is -2.54. The molecule has 2 saturated carbocycles. The third kappa shape index (κ3) is 7.47. The van der Waals surface area contributed by atoms with Crippen molar-refractivity contribution in [1.29, 1.82) is 0 Å². The van der Waals surface area contributed by atoms with E-state index in [0.717, 1.165) is 72.7 Å². The first kappa shape index (κ1) is 46.1. The highest BCUT2D eigenvalue weighted by molar-refractivity contribution is 6.16. The van der Waals surface area contributed by atoms with E-state index in [-0.39, 0.29) is 5.41 Å². The Bertz CT molecular complexity index is 4150. The number of aromatic nitrogens is 7. The Kier molecular flexibility index (Phi) is 11.0. The van der Waals surface area contributed by atoms with Crippen molar-refractivity contribution in [2.45, 2.75) is 44.9 Å². The molecule has 15 rings (SSSR count). The summed E-state index contributed by atoms with van der Waals surface area (Å²) in [6.45, 7) is 5.05. The summed E-state index contributed by atoms with van der Waals surface area (Å²) in [6, 6.07) is 79.7. The molecule has 0 amide bonds. The molecule has 0 radical (unpaired) electrons. The van der Waals surface area contributed by atoms with E-state index in [2.05, 4.69) is 170 Å². The predicted octanol–water partition coefficient (Wildman–Crippen LogP) is 17.2. The largest absolute Gasteiger partial charge is 0.309 e. The normalized spacial score (nSPS) is 19.3. The monoisotopic (exact) mass is 1010 g/mol. The summed E-state index contributed by atoms with van der Waals surface area (Å²) in [5.74, 6) is 6.39. The molecule has 12 aromatic rings. The molecule has 3 aliphatic carbocycles. The van der Waals surface area contributed by atoms with Gasteiger partial charge in [0, 0.05) is 55.3 Å². The molecule has 374 valence electrons. The second kappa shape index (κ2) is 18.5. The van der Waals surface area contributed by atoms with Crippen LogP contribution in [0, 0.1) is 23.7 Å². The third-order valence-corrected chi connectivity index (χ3v) is 17.4. The van der Waals surface area contributed by atoms with Crippen molar-refractivity contribution >= 4 is 21.8 Å². The quantitative estimate of drug-likeness (QED) is 0.151. The predicted molar refractivity (Wildman–Crippen MR) is 316 cm³/mol. The molecular weight excluding hydrogens is 951 g/mol. The molecule has 3 aliphatic rings. The number of hydrogen-bond donors (Lipinski definition) is 0. The van der Waals surface area contributed by atoms with Crippen LogP contribution in [-0.4, -0.2) is 34.5 Å². The minimum atomic E-state index is -0.00404. The Balaban J connectivity index is 0.963. The maximum absolute atomic E-state index is 5.29. The lowest BCUT2D eigenvalue weighted by molar-refractivity contribution is 0.0426. The van der Waals surface area contributed by atoms with Gasteiger partial charge in [0.2, 0.25) is 0 Å². The van der Waals surface area contributed by atoms with Crippen LogP contribution < -0.4 is 0 Å². The molecule has 78 heavy (non-hydrogen) atoms. The van der Waals surface area contributed by atoms with E-state index in [0.29, 0.717) is 46.8 Å². The highest BCUT2D eigenvalue weighted by atomic mass is 15.1. The first-order valence-corrected chi connectivity index (χ1v) is 27.6. The van der Waals surface area contributed by atoms with Crippen LogP contribution in [0.15, 0.2) is 224 Å². The van der Waals surface area contributed by atoms with Crippen LogP contribution in [0.25, 0.3) is 118 Å². The molecule has 0 N–H and O–H groups in total. The van der Waals surface area contributed by atoms with Crippen LogP contribution >= 0.6 is 0 Å². The van der Waals surface area contributed by atoms with Gasteiger partial charge >= 0.3 is 0 Å². The van der Waals surface area contributed by atoms with Crippen molar-refractivity contribution < 1.29 is 0 Å². The minimum absolute atomic E-state index is 0.00404. The van der Waals surface area contributed by atoms with Crippen LogP contribution in [0.3, 0.4) is 0 Å². The van der Waals surface area contributed by atoms with Gasteiger partial charge < -0.3 is 4.57 Å². The summed E-state index contributed by atoms with van der Waals surface area (Å²) >= 11 is 0. The second-order valence-corrected chi connectivity index (χ2v) is 22.0. The summed E-state index contributed by atoms with van der Waals surface area (Å²) in [6.07, 6.45) is 5.24. The second-order valence-electron chi connectivity index (χ2n) is 22.0. The third-order valence-electron chi connectivity index (χ3n) is 17.4. The van der Waals surface area contributed by atoms with E-state index >= 15 is 0 Å². The van der Waals surface area contributed by atoms with Gasteiger partial charge in [0.1, 0.15) is 0 Å². The highest BCUT2D eigenvalue weighted by Crippen LogP contribution is 2.65. The molecule has 5 unspecified atom stereocenters. The topological polar surface area (TPSA) is 82.3 Å². The van der Waals surface area contributed by atoms with Gasteiger partial charge in [-0.3, -0.25) is 0 Å². The van der Waals surface area contributed by atoms with Crippen molar-refractivity contribution in [3.63, 3.8) is 0 Å². The average Bonchev–Trinajstić information content (AvgIpc) is 4.11. The fourth-order valence-electron chi connectivity index (χ4n) is 14.4. The van der Waals surface area contributed by atoms with Gasteiger partial charge in [-0.1, -0.05) is 214 Å². The molecule has 5 atom stereocenters. The molecule has 2 fully saturated rings. The lowest BCUT2D eigenvalue weighted by Crippen LogP contribution is -2.49. The molecule has 1 spiro atoms.